The van der Waals surface area contributed by atoms with Crippen molar-refractivity contribution in [3.8, 4) is 0 Å². The summed E-state index contributed by atoms with van der Waals surface area (Å²) in [5.74, 6) is -0.768. The van der Waals surface area contributed by atoms with Gasteiger partial charge in [-0.1, -0.05) is 38.5 Å². The molecule has 0 bridgehead atoms. The molecule has 2 rings (SSSR count). The topological polar surface area (TPSA) is 68.3 Å². The quantitative estimate of drug-likeness (QED) is 0.862. The predicted octanol–water partition coefficient (Wildman–Crippen LogP) is 2.55. The molecule has 0 unspecified atom stereocenters. The van der Waals surface area contributed by atoms with E-state index in [0.29, 0.717) is 11.1 Å². The third kappa shape index (κ3) is 3.24. The maximum atomic E-state index is 12.6. The number of nitrogens with zero attached hydrogens (tertiary/aromatic N) is 1. The van der Waals surface area contributed by atoms with Crippen LogP contribution < -0.4 is 5.32 Å². The van der Waals surface area contributed by atoms with Gasteiger partial charge in [-0.25, -0.2) is 4.79 Å². The number of para-hydroxylation sites is 1. The Labute approximate surface area is 129 Å². The Balaban J connectivity index is 2.31. The van der Waals surface area contributed by atoms with Crippen LogP contribution in [0.25, 0.3) is 10.9 Å². The van der Waals surface area contributed by atoms with Crippen molar-refractivity contribution in [1.29, 1.82) is 0 Å². The summed E-state index contributed by atoms with van der Waals surface area (Å²) < 4.78 is 4.79. The summed E-state index contributed by atoms with van der Waals surface area (Å²) in [6.45, 7) is 3.87. The normalized spacial score (nSPS) is 13.4. The molecule has 116 valence electrons. The van der Waals surface area contributed by atoms with E-state index in [1.165, 1.54) is 7.11 Å². The number of hydrogen-bond acceptors (Lipinski definition) is 4. The van der Waals surface area contributed by atoms with Crippen LogP contribution in [0.4, 0.5) is 0 Å². The van der Waals surface area contributed by atoms with E-state index in [0.717, 1.165) is 11.8 Å². The fourth-order valence-corrected chi connectivity index (χ4v) is 2.30. The van der Waals surface area contributed by atoms with Crippen molar-refractivity contribution in [2.45, 2.75) is 26.3 Å². The first-order valence-electron chi connectivity index (χ1n) is 7.31. The molecule has 0 aliphatic rings. The molecule has 1 amide bonds. The summed E-state index contributed by atoms with van der Waals surface area (Å²) in [7, 11) is 1.32. The van der Waals surface area contributed by atoms with Gasteiger partial charge in [-0.2, -0.15) is 0 Å². The largest absolute Gasteiger partial charge is 0.467 e. The minimum absolute atomic E-state index is 0.0145. The van der Waals surface area contributed by atoms with Crippen LogP contribution >= 0.6 is 0 Å². The van der Waals surface area contributed by atoms with Crippen LogP contribution in [0.15, 0.2) is 36.5 Å². The summed E-state index contributed by atoms with van der Waals surface area (Å²) in [6.07, 6.45) is 2.40. The molecule has 1 aromatic carbocycles. The molecule has 2 aromatic rings. The molecule has 0 aliphatic heterocycles. The van der Waals surface area contributed by atoms with Crippen LogP contribution in [-0.2, 0) is 9.53 Å². The van der Waals surface area contributed by atoms with Crippen LogP contribution in [0, 0.1) is 5.92 Å². The highest BCUT2D eigenvalue weighted by Gasteiger charge is 2.27. The standard InChI is InChI=1S/C17H20N2O3/c1-4-11(2)14(17(21)22-3)19-16(20)13-9-5-7-12-8-6-10-18-15(12)13/h5-11,14H,4H2,1-3H3,(H,19,20)/t11-,14+/m1/s1. The molecule has 5 heteroatoms. The van der Waals surface area contributed by atoms with Gasteiger partial charge in [0.15, 0.2) is 0 Å². The second-order valence-electron chi connectivity index (χ2n) is 5.24. The van der Waals surface area contributed by atoms with Gasteiger partial charge in [0.1, 0.15) is 6.04 Å². The number of esters is 1. The summed E-state index contributed by atoms with van der Waals surface area (Å²) in [4.78, 5) is 28.7. The van der Waals surface area contributed by atoms with Crippen molar-refractivity contribution < 1.29 is 14.3 Å². The lowest BCUT2D eigenvalue weighted by Crippen LogP contribution is -2.45. The van der Waals surface area contributed by atoms with E-state index in [-0.39, 0.29) is 11.8 Å². The second-order valence-corrected chi connectivity index (χ2v) is 5.24. The van der Waals surface area contributed by atoms with E-state index in [1.54, 1.807) is 18.3 Å². The fraction of sp³-hybridized carbons (Fsp3) is 0.353. The van der Waals surface area contributed by atoms with Crippen LogP contribution in [0.5, 0.6) is 0 Å². The highest BCUT2D eigenvalue weighted by atomic mass is 16.5. The van der Waals surface area contributed by atoms with Crippen LogP contribution in [-0.4, -0.2) is 30.0 Å². The lowest BCUT2D eigenvalue weighted by atomic mass is 9.98. The van der Waals surface area contributed by atoms with Crippen LogP contribution in [0.1, 0.15) is 30.6 Å². The third-order valence-corrected chi connectivity index (χ3v) is 3.83. The maximum absolute atomic E-state index is 12.6. The molecule has 0 saturated carbocycles. The molecule has 22 heavy (non-hydrogen) atoms. The van der Waals surface area contributed by atoms with Crippen molar-refractivity contribution in [2.24, 2.45) is 5.92 Å². The average molecular weight is 300 g/mol. The number of methoxy groups -OCH3 is 1. The van der Waals surface area contributed by atoms with E-state index in [9.17, 15) is 9.59 Å². The first-order valence-corrected chi connectivity index (χ1v) is 7.31. The number of nitrogens with one attached hydrogen (secondary N) is 1. The molecule has 5 nitrogen and oxygen atoms in total. The molecule has 1 N–H and O–H groups in total. The smallest absolute Gasteiger partial charge is 0.328 e. The van der Waals surface area contributed by atoms with E-state index in [1.807, 2.05) is 32.0 Å². The van der Waals surface area contributed by atoms with Gasteiger partial charge in [-0.05, 0) is 18.1 Å². The molecule has 1 heterocycles. The van der Waals surface area contributed by atoms with Crippen LogP contribution in [0.3, 0.4) is 0 Å². The number of benzene rings is 1. The van der Waals surface area contributed by atoms with E-state index >= 15 is 0 Å². The monoisotopic (exact) mass is 300 g/mol. The van der Waals surface area contributed by atoms with Crippen molar-refractivity contribution >= 4 is 22.8 Å². The predicted molar refractivity (Wildman–Crippen MR) is 84.5 cm³/mol. The van der Waals surface area contributed by atoms with Gasteiger partial charge >= 0.3 is 5.97 Å². The summed E-state index contributed by atoms with van der Waals surface area (Å²) in [5.41, 5.74) is 1.07. The van der Waals surface area contributed by atoms with Gasteiger partial charge in [0.25, 0.3) is 5.91 Å². The Morgan fingerprint density at radius 2 is 2.00 bits per heavy atom. The van der Waals surface area contributed by atoms with Gasteiger partial charge in [0.05, 0.1) is 18.2 Å². The zero-order valence-electron chi connectivity index (χ0n) is 13.0. The number of hydrogen-bond donors (Lipinski definition) is 1. The Hall–Kier alpha value is -2.43. The van der Waals surface area contributed by atoms with E-state index < -0.39 is 12.0 Å². The Kier molecular flexibility index (Phi) is 5.09. The highest BCUT2D eigenvalue weighted by Crippen LogP contribution is 2.17. The highest BCUT2D eigenvalue weighted by molar-refractivity contribution is 6.06. The molecular weight excluding hydrogens is 280 g/mol. The van der Waals surface area contributed by atoms with Gasteiger partial charge in [-0.3, -0.25) is 9.78 Å². The van der Waals surface area contributed by atoms with Gasteiger partial charge < -0.3 is 10.1 Å². The van der Waals surface area contributed by atoms with E-state index in [4.69, 9.17) is 4.74 Å². The average Bonchev–Trinajstić information content (AvgIpc) is 2.57. The lowest BCUT2D eigenvalue weighted by molar-refractivity contribution is -0.144. The zero-order chi connectivity index (χ0) is 16.1. The van der Waals surface area contributed by atoms with Gasteiger partial charge in [0.2, 0.25) is 0 Å². The number of carbonyl (C=O) groups excluding carboxylic acids is 2. The van der Waals surface area contributed by atoms with Crippen molar-refractivity contribution in [2.75, 3.05) is 7.11 Å². The fourth-order valence-electron chi connectivity index (χ4n) is 2.30. The summed E-state index contributed by atoms with van der Waals surface area (Å²) >= 11 is 0. The second kappa shape index (κ2) is 7.02. The molecule has 0 radical (unpaired) electrons. The maximum Gasteiger partial charge on any atom is 0.328 e. The number of fused-ring (bicyclic) bond motifs is 1. The zero-order valence-corrected chi connectivity index (χ0v) is 13.0. The van der Waals surface area contributed by atoms with E-state index in [2.05, 4.69) is 10.3 Å². The molecule has 2 atom stereocenters. The molecular formula is C17H20N2O3. The minimum Gasteiger partial charge on any atom is -0.467 e. The van der Waals surface area contributed by atoms with Crippen molar-refractivity contribution in [3.63, 3.8) is 0 Å². The Bertz CT molecular complexity index is 679. The number of rotatable bonds is 5. The Morgan fingerprint density at radius 3 is 2.68 bits per heavy atom. The third-order valence-electron chi connectivity index (χ3n) is 3.83. The summed E-state index contributed by atoms with van der Waals surface area (Å²) in [5, 5.41) is 3.66. The molecule has 0 fully saturated rings. The molecule has 0 spiro atoms. The first kappa shape index (κ1) is 15.9. The van der Waals surface area contributed by atoms with Gasteiger partial charge in [-0.15, -0.1) is 0 Å². The Morgan fingerprint density at radius 1 is 1.27 bits per heavy atom. The molecule has 0 saturated heterocycles. The molecule has 0 aliphatic carbocycles. The van der Waals surface area contributed by atoms with Crippen molar-refractivity contribution in [1.82, 2.24) is 10.3 Å². The molecule has 1 aromatic heterocycles. The SMILES string of the molecule is CC[C@@H](C)[C@H](NC(=O)c1cccc2cccnc12)C(=O)OC. The number of aromatic nitrogens is 1. The van der Waals surface area contributed by atoms with Crippen LogP contribution in [0.2, 0.25) is 0 Å². The lowest BCUT2D eigenvalue weighted by Gasteiger charge is -2.22. The number of pyridine rings is 1. The number of ether oxygens (including phenoxy) is 1. The number of amides is 1. The number of carbonyl (C=O) groups is 2. The first-order chi connectivity index (χ1) is 10.6. The van der Waals surface area contributed by atoms with Gasteiger partial charge in [0, 0.05) is 11.6 Å². The minimum atomic E-state index is -0.665. The van der Waals surface area contributed by atoms with Crippen molar-refractivity contribution in [3.05, 3.63) is 42.1 Å². The summed E-state index contributed by atoms with van der Waals surface area (Å²) in [6, 6.07) is 8.45.